The first kappa shape index (κ1) is 12.1. The number of anilines is 1. The molecule has 0 spiro atoms. The van der Waals surface area contributed by atoms with E-state index < -0.39 is 0 Å². The van der Waals surface area contributed by atoms with Crippen molar-refractivity contribution in [2.75, 3.05) is 18.0 Å². The van der Waals surface area contributed by atoms with Crippen LogP contribution in [0, 0.1) is 12.7 Å². The predicted octanol–water partition coefficient (Wildman–Crippen LogP) is 2.64. The largest absolute Gasteiger partial charge is 0.369 e. The molecule has 3 rings (SSSR count). The normalized spacial score (nSPS) is 16.8. The van der Waals surface area contributed by atoms with Crippen molar-refractivity contribution in [3.05, 3.63) is 41.7 Å². The van der Waals surface area contributed by atoms with Gasteiger partial charge in [-0.2, -0.15) is 5.10 Å². The number of H-pyrrole nitrogens is 1. The summed E-state index contributed by atoms with van der Waals surface area (Å²) in [4.78, 5) is 5.88. The molecule has 0 aromatic carbocycles. The van der Waals surface area contributed by atoms with Crippen LogP contribution < -0.4 is 4.90 Å². The van der Waals surface area contributed by atoms with Crippen LogP contribution in [0.25, 0.3) is 0 Å². The average molecular weight is 260 g/mol. The second-order valence-corrected chi connectivity index (χ2v) is 5.06. The molecule has 2 aromatic rings. The molecule has 1 N–H and O–H groups in total. The Morgan fingerprint density at radius 1 is 1.37 bits per heavy atom. The first-order chi connectivity index (χ1) is 9.24. The van der Waals surface area contributed by atoms with E-state index in [9.17, 15) is 4.39 Å². The molecule has 0 aliphatic carbocycles. The number of aromatic nitrogens is 3. The van der Waals surface area contributed by atoms with Gasteiger partial charge in [-0.05, 0) is 31.9 Å². The van der Waals surface area contributed by atoms with Crippen LogP contribution in [0.5, 0.6) is 0 Å². The predicted molar refractivity (Wildman–Crippen MR) is 71.7 cm³/mol. The summed E-state index contributed by atoms with van der Waals surface area (Å²) in [7, 11) is 0. The van der Waals surface area contributed by atoms with Crippen LogP contribution >= 0.6 is 0 Å². The number of aromatic amines is 1. The Kier molecular flexibility index (Phi) is 3.19. The summed E-state index contributed by atoms with van der Waals surface area (Å²) < 4.78 is 13.7. The quantitative estimate of drug-likeness (QED) is 0.902. The molecule has 5 heteroatoms. The Hall–Kier alpha value is -1.91. The highest BCUT2D eigenvalue weighted by molar-refractivity contribution is 5.46. The van der Waals surface area contributed by atoms with E-state index in [0.717, 1.165) is 37.3 Å². The van der Waals surface area contributed by atoms with E-state index in [2.05, 4.69) is 26.1 Å². The summed E-state index contributed by atoms with van der Waals surface area (Å²) in [5.74, 6) is 0.239. The van der Waals surface area contributed by atoms with Gasteiger partial charge in [-0.15, -0.1) is 0 Å². The van der Waals surface area contributed by atoms with Crippen LogP contribution in [0.2, 0.25) is 0 Å². The van der Waals surface area contributed by atoms with Gasteiger partial charge < -0.3 is 4.90 Å². The molecule has 3 heterocycles. The van der Waals surface area contributed by atoms with Crippen LogP contribution in [-0.2, 0) is 0 Å². The zero-order chi connectivity index (χ0) is 13.2. The number of nitrogens with one attached hydrogen (secondary N) is 1. The fraction of sp³-hybridized carbons (Fsp3) is 0.429. The van der Waals surface area contributed by atoms with E-state index >= 15 is 0 Å². The van der Waals surface area contributed by atoms with Crippen LogP contribution in [0.3, 0.4) is 0 Å². The maximum Gasteiger partial charge on any atom is 0.164 e. The van der Waals surface area contributed by atoms with Crippen molar-refractivity contribution < 1.29 is 4.39 Å². The van der Waals surface area contributed by atoms with Gasteiger partial charge in [0.05, 0.1) is 17.6 Å². The number of halogens is 1. The highest BCUT2D eigenvalue weighted by atomic mass is 19.1. The van der Waals surface area contributed by atoms with Crippen LogP contribution in [0.1, 0.15) is 30.1 Å². The number of rotatable bonds is 2. The molecule has 100 valence electrons. The lowest BCUT2D eigenvalue weighted by atomic mass is 9.93. The van der Waals surface area contributed by atoms with E-state index in [-0.39, 0.29) is 5.82 Å². The lowest BCUT2D eigenvalue weighted by molar-refractivity contribution is 0.488. The summed E-state index contributed by atoms with van der Waals surface area (Å²) in [5, 5.41) is 7.31. The number of nitrogens with zero attached hydrogens (tertiary/aromatic N) is 3. The summed E-state index contributed by atoms with van der Waals surface area (Å²) in [6, 6.07) is 3.85. The van der Waals surface area contributed by atoms with E-state index in [0.29, 0.717) is 11.6 Å². The zero-order valence-corrected chi connectivity index (χ0v) is 10.9. The molecule has 1 fully saturated rings. The summed E-state index contributed by atoms with van der Waals surface area (Å²) in [6.45, 7) is 3.73. The molecule has 4 nitrogen and oxygen atoms in total. The number of hydrogen-bond acceptors (Lipinski definition) is 3. The molecule has 1 aliphatic rings. The van der Waals surface area contributed by atoms with Gasteiger partial charge in [0.15, 0.2) is 5.82 Å². The van der Waals surface area contributed by atoms with Gasteiger partial charge >= 0.3 is 0 Å². The van der Waals surface area contributed by atoms with E-state index in [4.69, 9.17) is 0 Å². The highest BCUT2D eigenvalue weighted by Gasteiger charge is 2.23. The van der Waals surface area contributed by atoms with Gasteiger partial charge in [0.1, 0.15) is 0 Å². The molecule has 1 aliphatic heterocycles. The molecular weight excluding hydrogens is 243 g/mol. The Morgan fingerprint density at radius 2 is 2.16 bits per heavy atom. The van der Waals surface area contributed by atoms with Crippen LogP contribution in [0.15, 0.2) is 24.5 Å². The molecule has 0 amide bonds. The van der Waals surface area contributed by atoms with Crippen molar-refractivity contribution >= 4 is 5.69 Å². The summed E-state index contributed by atoms with van der Waals surface area (Å²) >= 11 is 0. The Morgan fingerprint density at radius 3 is 2.79 bits per heavy atom. The second-order valence-electron chi connectivity index (χ2n) is 5.06. The molecule has 1 saturated heterocycles. The fourth-order valence-electron chi connectivity index (χ4n) is 2.69. The van der Waals surface area contributed by atoms with Crippen molar-refractivity contribution in [3.63, 3.8) is 0 Å². The molecule has 0 unspecified atom stereocenters. The monoisotopic (exact) mass is 260 g/mol. The molecule has 19 heavy (non-hydrogen) atoms. The van der Waals surface area contributed by atoms with E-state index in [1.807, 2.05) is 6.92 Å². The van der Waals surface area contributed by atoms with Crippen molar-refractivity contribution in [2.24, 2.45) is 0 Å². The molecule has 0 bridgehead atoms. The van der Waals surface area contributed by atoms with Gasteiger partial charge in [-0.25, -0.2) is 4.39 Å². The van der Waals surface area contributed by atoms with Gasteiger partial charge in [0.2, 0.25) is 0 Å². The Labute approximate surface area is 111 Å². The minimum Gasteiger partial charge on any atom is -0.369 e. The third-order valence-corrected chi connectivity index (χ3v) is 3.73. The van der Waals surface area contributed by atoms with Crippen molar-refractivity contribution in [3.8, 4) is 0 Å². The third-order valence-electron chi connectivity index (χ3n) is 3.73. The molecule has 0 atom stereocenters. The van der Waals surface area contributed by atoms with Crippen molar-refractivity contribution in [2.45, 2.75) is 25.7 Å². The molecule has 0 radical (unpaired) electrons. The third kappa shape index (κ3) is 2.45. The molecule has 0 saturated carbocycles. The Bertz CT molecular complexity index is 558. The maximum absolute atomic E-state index is 13.7. The standard InChI is InChI=1S/C14H17FN4/c1-10-8-13(18-17-10)11-3-6-19(7-4-11)14-2-5-16-9-12(14)15/h2,5,8-9,11H,3-4,6-7H2,1H3,(H,17,18). The lowest BCUT2D eigenvalue weighted by Gasteiger charge is -2.33. The first-order valence-electron chi connectivity index (χ1n) is 6.60. The van der Waals surface area contributed by atoms with E-state index in [1.54, 1.807) is 12.3 Å². The number of aryl methyl sites for hydroxylation is 1. The minimum absolute atomic E-state index is 0.239. The molecular formula is C14H17FN4. The fourth-order valence-corrected chi connectivity index (χ4v) is 2.69. The van der Waals surface area contributed by atoms with Gasteiger partial charge in [-0.3, -0.25) is 10.1 Å². The van der Waals surface area contributed by atoms with Crippen molar-refractivity contribution in [1.82, 2.24) is 15.2 Å². The van der Waals surface area contributed by atoms with E-state index in [1.165, 1.54) is 6.20 Å². The van der Waals surface area contributed by atoms with Crippen LogP contribution in [0.4, 0.5) is 10.1 Å². The minimum atomic E-state index is -0.239. The second kappa shape index (κ2) is 4.99. The molecule has 2 aromatic heterocycles. The van der Waals surface area contributed by atoms with Gasteiger partial charge in [0, 0.05) is 30.9 Å². The Balaban J connectivity index is 1.68. The lowest BCUT2D eigenvalue weighted by Crippen LogP contribution is -2.33. The SMILES string of the molecule is Cc1cc(C2CCN(c3ccncc3F)CC2)n[nH]1. The number of pyridine rings is 1. The highest BCUT2D eigenvalue weighted by Crippen LogP contribution is 2.30. The smallest absolute Gasteiger partial charge is 0.164 e. The number of piperidine rings is 1. The van der Waals surface area contributed by atoms with Crippen molar-refractivity contribution in [1.29, 1.82) is 0 Å². The maximum atomic E-state index is 13.7. The topological polar surface area (TPSA) is 44.8 Å². The zero-order valence-electron chi connectivity index (χ0n) is 10.9. The summed E-state index contributed by atoms with van der Waals surface area (Å²) in [6.07, 6.45) is 4.93. The van der Waals surface area contributed by atoms with Gasteiger partial charge in [0.25, 0.3) is 0 Å². The summed E-state index contributed by atoms with van der Waals surface area (Å²) in [5.41, 5.74) is 2.89. The van der Waals surface area contributed by atoms with Gasteiger partial charge in [-0.1, -0.05) is 0 Å². The first-order valence-corrected chi connectivity index (χ1v) is 6.60. The number of hydrogen-bond donors (Lipinski definition) is 1. The van der Waals surface area contributed by atoms with Crippen LogP contribution in [-0.4, -0.2) is 28.3 Å². The average Bonchev–Trinajstić information content (AvgIpc) is 2.86.